The molecule has 2 amide bonds. The summed E-state index contributed by atoms with van der Waals surface area (Å²) in [7, 11) is 1.62. The van der Waals surface area contributed by atoms with Crippen molar-refractivity contribution in [2.75, 3.05) is 33.4 Å². The van der Waals surface area contributed by atoms with Gasteiger partial charge >= 0.3 is 0 Å². The van der Waals surface area contributed by atoms with Crippen LogP contribution in [0.25, 0.3) is 0 Å². The van der Waals surface area contributed by atoms with Crippen LogP contribution in [0, 0.1) is 5.92 Å². The van der Waals surface area contributed by atoms with Crippen molar-refractivity contribution in [2.24, 2.45) is 5.92 Å². The van der Waals surface area contributed by atoms with Crippen molar-refractivity contribution < 1.29 is 14.3 Å². The van der Waals surface area contributed by atoms with Crippen LogP contribution in [0.15, 0.2) is 17.5 Å². The van der Waals surface area contributed by atoms with Crippen LogP contribution in [0.5, 0.6) is 0 Å². The van der Waals surface area contributed by atoms with Crippen molar-refractivity contribution in [3.63, 3.8) is 0 Å². The summed E-state index contributed by atoms with van der Waals surface area (Å²) >= 11 is 1.39. The average Bonchev–Trinajstić information content (AvgIpc) is 2.96. The summed E-state index contributed by atoms with van der Waals surface area (Å²) in [6.07, 6.45) is 0.313. The van der Waals surface area contributed by atoms with E-state index in [0.29, 0.717) is 43.5 Å². The summed E-state index contributed by atoms with van der Waals surface area (Å²) in [5, 5.41) is 4.63. The van der Waals surface area contributed by atoms with Gasteiger partial charge in [-0.1, -0.05) is 19.9 Å². The third-order valence-electron chi connectivity index (χ3n) is 2.87. The number of carbonyl (C=O) groups is 2. The van der Waals surface area contributed by atoms with Gasteiger partial charge in [-0.3, -0.25) is 9.59 Å². The van der Waals surface area contributed by atoms with Crippen LogP contribution in [0.3, 0.4) is 0 Å². The van der Waals surface area contributed by atoms with Crippen LogP contribution in [0.1, 0.15) is 29.9 Å². The topological polar surface area (TPSA) is 58.6 Å². The van der Waals surface area contributed by atoms with E-state index < -0.39 is 0 Å². The van der Waals surface area contributed by atoms with Crippen molar-refractivity contribution in [2.45, 2.75) is 20.3 Å². The minimum absolute atomic E-state index is 0.0484. The monoisotopic (exact) mass is 312 g/mol. The van der Waals surface area contributed by atoms with Gasteiger partial charge in [0.25, 0.3) is 5.91 Å². The second-order valence-corrected chi connectivity index (χ2v) is 6.16. The quantitative estimate of drug-likeness (QED) is 0.759. The van der Waals surface area contributed by atoms with Gasteiger partial charge in [-0.25, -0.2) is 0 Å². The summed E-state index contributed by atoms with van der Waals surface area (Å²) in [5.74, 6) is 0.337. The fourth-order valence-electron chi connectivity index (χ4n) is 1.90. The molecule has 1 aromatic rings. The van der Waals surface area contributed by atoms with E-state index in [-0.39, 0.29) is 11.8 Å². The van der Waals surface area contributed by atoms with Gasteiger partial charge in [-0.2, -0.15) is 0 Å². The Balaban J connectivity index is 2.36. The van der Waals surface area contributed by atoms with Crippen LogP contribution in [-0.4, -0.2) is 50.1 Å². The first-order valence-electron chi connectivity index (χ1n) is 7.13. The van der Waals surface area contributed by atoms with Gasteiger partial charge in [0.2, 0.25) is 5.91 Å². The summed E-state index contributed by atoms with van der Waals surface area (Å²) in [5.41, 5.74) is 0. The number of thiophene rings is 1. The van der Waals surface area contributed by atoms with E-state index in [1.807, 2.05) is 11.4 Å². The lowest BCUT2D eigenvalue weighted by atomic mass is 10.2. The van der Waals surface area contributed by atoms with E-state index in [0.717, 1.165) is 0 Å². The zero-order valence-electron chi connectivity index (χ0n) is 12.9. The molecule has 0 unspecified atom stereocenters. The highest BCUT2D eigenvalue weighted by Crippen LogP contribution is 2.07. The largest absolute Gasteiger partial charge is 0.383 e. The molecule has 1 N–H and O–H groups in total. The molecule has 1 heterocycles. The van der Waals surface area contributed by atoms with Gasteiger partial charge in [-0.15, -0.1) is 11.3 Å². The molecule has 0 aromatic carbocycles. The Hall–Kier alpha value is -1.40. The van der Waals surface area contributed by atoms with E-state index in [9.17, 15) is 9.59 Å². The molecule has 0 aliphatic rings. The lowest BCUT2D eigenvalue weighted by molar-refractivity contribution is -0.132. The maximum absolute atomic E-state index is 12.2. The number of nitrogens with zero attached hydrogens (tertiary/aromatic N) is 1. The highest BCUT2D eigenvalue weighted by Gasteiger charge is 2.15. The van der Waals surface area contributed by atoms with E-state index in [4.69, 9.17) is 4.74 Å². The molecule has 0 aliphatic carbocycles. The Morgan fingerprint density at radius 3 is 2.76 bits per heavy atom. The number of nitrogens with one attached hydrogen (secondary N) is 1. The molecule has 21 heavy (non-hydrogen) atoms. The Morgan fingerprint density at radius 1 is 1.43 bits per heavy atom. The highest BCUT2D eigenvalue weighted by molar-refractivity contribution is 7.12. The molecule has 0 bridgehead atoms. The third-order valence-corrected chi connectivity index (χ3v) is 3.74. The van der Waals surface area contributed by atoms with E-state index in [2.05, 4.69) is 19.2 Å². The third kappa shape index (κ3) is 6.73. The first kappa shape index (κ1) is 17.7. The fraction of sp³-hybridized carbons (Fsp3) is 0.600. The molecule has 0 radical (unpaired) electrons. The number of rotatable bonds is 9. The Labute approximate surface area is 130 Å². The summed E-state index contributed by atoms with van der Waals surface area (Å²) in [6.45, 7) is 6.34. The van der Waals surface area contributed by atoms with Gasteiger partial charge in [0.1, 0.15) is 0 Å². The van der Waals surface area contributed by atoms with Crippen LogP contribution in [0.2, 0.25) is 0 Å². The summed E-state index contributed by atoms with van der Waals surface area (Å²) in [6, 6.07) is 3.60. The second-order valence-electron chi connectivity index (χ2n) is 5.21. The summed E-state index contributed by atoms with van der Waals surface area (Å²) in [4.78, 5) is 26.4. The number of amides is 2. The SMILES string of the molecule is COCCN(CC(C)C)C(=O)CCNC(=O)c1cccs1. The van der Waals surface area contributed by atoms with Crippen LogP contribution < -0.4 is 5.32 Å². The first-order valence-corrected chi connectivity index (χ1v) is 8.01. The predicted molar refractivity (Wildman–Crippen MR) is 84.6 cm³/mol. The van der Waals surface area contributed by atoms with Crippen LogP contribution in [-0.2, 0) is 9.53 Å². The second kappa shape index (κ2) is 9.52. The highest BCUT2D eigenvalue weighted by atomic mass is 32.1. The van der Waals surface area contributed by atoms with Gasteiger partial charge in [0, 0.05) is 33.2 Å². The molecule has 5 nitrogen and oxygen atoms in total. The minimum Gasteiger partial charge on any atom is -0.383 e. The molecular formula is C15H24N2O3S. The van der Waals surface area contributed by atoms with Crippen molar-refractivity contribution in [3.8, 4) is 0 Å². The fourth-order valence-corrected chi connectivity index (χ4v) is 2.54. The van der Waals surface area contributed by atoms with E-state index >= 15 is 0 Å². The zero-order valence-corrected chi connectivity index (χ0v) is 13.7. The molecule has 0 saturated heterocycles. The van der Waals surface area contributed by atoms with Crippen molar-refractivity contribution in [1.29, 1.82) is 0 Å². The molecule has 0 atom stereocenters. The van der Waals surface area contributed by atoms with Crippen molar-refractivity contribution in [3.05, 3.63) is 22.4 Å². The number of methoxy groups -OCH3 is 1. The maximum atomic E-state index is 12.2. The minimum atomic E-state index is -0.120. The molecular weight excluding hydrogens is 288 g/mol. The Kier molecular flexibility index (Phi) is 8.00. The summed E-state index contributed by atoms with van der Waals surface area (Å²) < 4.78 is 5.03. The smallest absolute Gasteiger partial charge is 0.261 e. The van der Waals surface area contributed by atoms with Gasteiger partial charge in [0.05, 0.1) is 11.5 Å². The maximum Gasteiger partial charge on any atom is 0.261 e. The van der Waals surface area contributed by atoms with E-state index in [1.165, 1.54) is 11.3 Å². The standard InChI is InChI=1S/C15H24N2O3S/c1-12(2)11-17(8-9-20-3)14(18)6-7-16-15(19)13-5-4-10-21-13/h4-5,10,12H,6-9,11H2,1-3H3,(H,16,19). The van der Waals surface area contributed by atoms with Gasteiger partial charge < -0.3 is 15.0 Å². The van der Waals surface area contributed by atoms with Crippen molar-refractivity contribution >= 4 is 23.2 Å². The van der Waals surface area contributed by atoms with E-state index in [1.54, 1.807) is 18.1 Å². The molecule has 118 valence electrons. The molecule has 0 spiro atoms. The molecule has 0 saturated carbocycles. The molecule has 0 fully saturated rings. The van der Waals surface area contributed by atoms with Crippen LogP contribution >= 0.6 is 11.3 Å². The zero-order chi connectivity index (χ0) is 15.7. The number of hydrogen-bond acceptors (Lipinski definition) is 4. The average molecular weight is 312 g/mol. The lowest BCUT2D eigenvalue weighted by Gasteiger charge is -2.24. The van der Waals surface area contributed by atoms with Crippen molar-refractivity contribution in [1.82, 2.24) is 10.2 Å². The van der Waals surface area contributed by atoms with Crippen LogP contribution in [0.4, 0.5) is 0 Å². The lowest BCUT2D eigenvalue weighted by Crippen LogP contribution is -2.38. The van der Waals surface area contributed by atoms with Gasteiger partial charge in [0.15, 0.2) is 0 Å². The van der Waals surface area contributed by atoms with Gasteiger partial charge in [-0.05, 0) is 17.4 Å². The number of ether oxygens (including phenoxy) is 1. The molecule has 6 heteroatoms. The molecule has 1 rings (SSSR count). The normalized spacial score (nSPS) is 10.7. The first-order chi connectivity index (χ1) is 10.0. The Morgan fingerprint density at radius 2 is 2.19 bits per heavy atom. The molecule has 1 aromatic heterocycles. The number of carbonyl (C=O) groups excluding carboxylic acids is 2. The molecule has 0 aliphatic heterocycles. The Bertz CT molecular complexity index is 432. The number of hydrogen-bond donors (Lipinski definition) is 1. The predicted octanol–water partition coefficient (Wildman–Crippen LogP) is 2.00.